The van der Waals surface area contributed by atoms with Crippen LogP contribution in [0.4, 0.5) is 28.4 Å². The summed E-state index contributed by atoms with van der Waals surface area (Å²) in [5, 5.41) is 14.4. The summed E-state index contributed by atoms with van der Waals surface area (Å²) in [7, 11) is 2.98. The molecular weight excluding hydrogens is 987 g/mol. The van der Waals surface area contributed by atoms with E-state index in [1.54, 1.807) is 41.3 Å². The predicted octanol–water partition coefficient (Wildman–Crippen LogP) is 5.94. The molecule has 3 heterocycles. The minimum atomic E-state index is -1.04. The van der Waals surface area contributed by atoms with Gasteiger partial charge in [0.1, 0.15) is 25.3 Å². The third-order valence-corrected chi connectivity index (χ3v) is 13.8. The number of hydrogen-bond donors (Lipinski definition) is 7. The van der Waals surface area contributed by atoms with Crippen LogP contribution < -0.4 is 67.0 Å². The Morgan fingerprint density at radius 2 is 1.35 bits per heavy atom. The lowest BCUT2D eigenvalue weighted by Crippen LogP contribution is -2.50. The Balaban J connectivity index is 0.962. The van der Waals surface area contributed by atoms with Gasteiger partial charge < -0.3 is 65.9 Å². The fourth-order valence-electron chi connectivity index (χ4n) is 9.85. The number of para-hydroxylation sites is 2. The largest absolute Gasteiger partial charge is 0.493 e. The predicted molar refractivity (Wildman–Crippen MR) is 291 cm³/mol. The molecule has 3 aliphatic heterocycles. The zero-order valence-corrected chi connectivity index (χ0v) is 44.0. The molecule has 20 nitrogen and oxygen atoms in total. The summed E-state index contributed by atoms with van der Waals surface area (Å²) in [6, 6.07) is 25.4. The van der Waals surface area contributed by atoms with Crippen molar-refractivity contribution in [1.82, 2.24) is 16.0 Å². The van der Waals surface area contributed by atoms with Crippen LogP contribution >= 0.6 is 0 Å². The van der Waals surface area contributed by atoms with Gasteiger partial charge in [0.25, 0.3) is 11.8 Å². The van der Waals surface area contributed by atoms with Gasteiger partial charge in [0.2, 0.25) is 23.6 Å². The number of hydrogen-bond acceptors (Lipinski definition) is 14. The van der Waals surface area contributed by atoms with Gasteiger partial charge in [0, 0.05) is 66.9 Å². The number of nitrogens with zero attached hydrogens (tertiary/aromatic N) is 2. The number of nitrogens with two attached hydrogens (primary N) is 2. The summed E-state index contributed by atoms with van der Waals surface area (Å²) in [5.41, 5.74) is 13.5. The molecule has 3 aliphatic rings. The first-order valence-corrected chi connectivity index (χ1v) is 25.8. The van der Waals surface area contributed by atoms with E-state index in [1.807, 2.05) is 66.4 Å². The number of rotatable bonds is 23. The molecule has 0 radical (unpaired) electrons. The van der Waals surface area contributed by atoms with Crippen molar-refractivity contribution < 1.29 is 52.6 Å². The second kappa shape index (κ2) is 25.0. The molecule has 0 aromatic heterocycles. The SMILES string of the molecule is COc1cc(C(=O)N2c3ccccc3C[C@H]2C)c(N)cc1OCc1cc(COc2cc3c(cc2OC)C(=O)N2c4ccccc4C[C@H]2CN3)cc(NC(=O)[C@H](C)NC(=O)[C@H](C)NC(=O)CCCCC(=O)NCCCON)c1. The number of anilines is 5. The van der Waals surface area contributed by atoms with Gasteiger partial charge in [-0.2, -0.15) is 0 Å². The van der Waals surface area contributed by atoms with E-state index in [1.165, 1.54) is 28.1 Å². The second-order valence-corrected chi connectivity index (χ2v) is 19.4. The Hall–Kier alpha value is -8.36. The fraction of sp³-hybridized carbons (Fsp3) is 0.368. The molecule has 4 atom stereocenters. The van der Waals surface area contributed by atoms with E-state index in [9.17, 15) is 28.8 Å². The van der Waals surface area contributed by atoms with Gasteiger partial charge in [0.05, 0.1) is 43.7 Å². The lowest BCUT2D eigenvalue weighted by Gasteiger charge is -2.24. The normalized spacial score (nSPS) is 15.8. The van der Waals surface area contributed by atoms with Crippen LogP contribution in [0, 0.1) is 0 Å². The lowest BCUT2D eigenvalue weighted by molar-refractivity contribution is -0.130. The zero-order valence-electron chi connectivity index (χ0n) is 44.0. The maximum Gasteiger partial charge on any atom is 0.260 e. The Morgan fingerprint density at radius 3 is 2.04 bits per heavy atom. The number of benzene rings is 5. The average molecular weight is 1050 g/mol. The number of methoxy groups -OCH3 is 2. The van der Waals surface area contributed by atoms with E-state index in [-0.39, 0.29) is 84.5 Å². The molecular formula is C57H67N9O11. The first-order valence-electron chi connectivity index (χ1n) is 25.8. The molecule has 5 aromatic rings. The molecule has 0 saturated carbocycles. The standard InChI is InChI=1S/C57H67N9O11/c1-33-21-38-13-6-8-15-46(38)65(33)56(71)42-26-48(73-4)50(28-44(42)58)75-31-36-22-37(32-76-51-29-45-43(27-49(51)74-5)57(72)66-41(30-61-45)25-39-14-7-9-16-47(39)66)24-40(23-36)64-55(70)35(3)63-54(69)34(2)62-53(68)18-11-10-17-52(67)60-19-12-20-77-59/h6-9,13-16,22-24,26-29,33-35,41,61H,10-12,17-21,25,30-32,58-59H2,1-5H3,(H,60,67)(H,62,68)(H,63,69)(H,64,70)/t33-,34+,35+,41+/m1/s1. The molecule has 0 saturated heterocycles. The van der Waals surface area contributed by atoms with Crippen molar-refractivity contribution >= 4 is 63.9 Å². The van der Waals surface area contributed by atoms with Crippen molar-refractivity contribution in [3.05, 3.63) is 124 Å². The van der Waals surface area contributed by atoms with Gasteiger partial charge in [-0.1, -0.05) is 36.4 Å². The van der Waals surface area contributed by atoms with E-state index >= 15 is 0 Å². The van der Waals surface area contributed by atoms with Crippen LogP contribution in [0.25, 0.3) is 0 Å². The maximum atomic E-state index is 14.1. The summed E-state index contributed by atoms with van der Waals surface area (Å²) < 4.78 is 24.3. The van der Waals surface area contributed by atoms with Gasteiger partial charge >= 0.3 is 0 Å². The molecule has 406 valence electrons. The van der Waals surface area contributed by atoms with E-state index in [0.29, 0.717) is 84.9 Å². The van der Waals surface area contributed by atoms with E-state index in [4.69, 9.17) is 30.6 Å². The average Bonchev–Trinajstić information content (AvgIpc) is 3.97. The van der Waals surface area contributed by atoms with Crippen molar-refractivity contribution in [2.24, 2.45) is 5.90 Å². The highest BCUT2D eigenvalue weighted by molar-refractivity contribution is 6.13. The molecule has 6 amide bonds. The zero-order chi connectivity index (χ0) is 54.8. The van der Waals surface area contributed by atoms with Crippen LogP contribution in [-0.4, -0.2) is 93.5 Å². The summed E-state index contributed by atoms with van der Waals surface area (Å²) in [6.45, 7) is 6.25. The summed E-state index contributed by atoms with van der Waals surface area (Å²) in [4.78, 5) is 87.9. The van der Waals surface area contributed by atoms with Gasteiger partial charge in [0.15, 0.2) is 23.0 Å². The summed E-state index contributed by atoms with van der Waals surface area (Å²) in [6.07, 6.45) is 3.30. The van der Waals surface area contributed by atoms with Gasteiger partial charge in [-0.15, -0.1) is 0 Å². The third-order valence-electron chi connectivity index (χ3n) is 13.8. The molecule has 5 aromatic carbocycles. The number of fused-ring (bicyclic) bond motifs is 5. The lowest BCUT2D eigenvalue weighted by atomic mass is 10.1. The molecule has 0 aliphatic carbocycles. The summed E-state index contributed by atoms with van der Waals surface area (Å²) in [5.74, 6) is 4.22. The van der Waals surface area contributed by atoms with Crippen molar-refractivity contribution in [1.29, 1.82) is 0 Å². The molecule has 9 N–H and O–H groups in total. The second-order valence-electron chi connectivity index (χ2n) is 19.4. The monoisotopic (exact) mass is 1050 g/mol. The fourth-order valence-corrected chi connectivity index (χ4v) is 9.85. The molecule has 0 spiro atoms. The topological polar surface area (TPSA) is 267 Å². The van der Waals surface area contributed by atoms with Crippen LogP contribution in [-0.2, 0) is 50.1 Å². The number of nitrogen functional groups attached to an aromatic ring is 1. The number of nitrogens with one attached hydrogen (secondary N) is 5. The highest BCUT2D eigenvalue weighted by Gasteiger charge is 2.38. The van der Waals surface area contributed by atoms with Crippen LogP contribution in [0.5, 0.6) is 23.0 Å². The van der Waals surface area contributed by atoms with E-state index in [0.717, 1.165) is 28.9 Å². The highest BCUT2D eigenvalue weighted by Crippen LogP contribution is 2.42. The first kappa shape index (κ1) is 54.9. The molecule has 77 heavy (non-hydrogen) atoms. The van der Waals surface area contributed by atoms with E-state index < -0.39 is 23.9 Å². The van der Waals surface area contributed by atoms with Crippen LogP contribution in [0.1, 0.15) is 95.8 Å². The minimum Gasteiger partial charge on any atom is -0.493 e. The number of carbonyl (C=O) groups excluding carboxylic acids is 6. The summed E-state index contributed by atoms with van der Waals surface area (Å²) >= 11 is 0. The molecule has 0 bridgehead atoms. The third kappa shape index (κ3) is 13.0. The quantitative estimate of drug-likeness (QED) is 0.0227. The van der Waals surface area contributed by atoms with Crippen molar-refractivity contribution in [3.8, 4) is 23.0 Å². The van der Waals surface area contributed by atoms with Gasteiger partial charge in [-0.25, -0.2) is 5.90 Å². The number of ether oxygens (including phenoxy) is 4. The van der Waals surface area contributed by atoms with Crippen molar-refractivity contribution in [3.63, 3.8) is 0 Å². The highest BCUT2D eigenvalue weighted by atomic mass is 16.6. The molecule has 20 heteroatoms. The molecule has 8 rings (SSSR count). The Bertz CT molecular complexity index is 3020. The van der Waals surface area contributed by atoms with Crippen molar-refractivity contribution in [2.45, 2.75) is 103 Å². The van der Waals surface area contributed by atoms with Gasteiger partial charge in [-0.3, -0.25) is 28.8 Å². The smallest absolute Gasteiger partial charge is 0.260 e. The van der Waals surface area contributed by atoms with Crippen LogP contribution in [0.15, 0.2) is 91.0 Å². The minimum absolute atomic E-state index is 0.0190. The first-order chi connectivity index (χ1) is 37.1. The van der Waals surface area contributed by atoms with Crippen molar-refractivity contribution in [2.75, 3.05) is 60.1 Å². The Kier molecular flexibility index (Phi) is 17.8. The number of carbonyl (C=O) groups is 6. The Morgan fingerprint density at radius 1 is 0.727 bits per heavy atom. The number of unbranched alkanes of at least 4 members (excludes halogenated alkanes) is 1. The van der Waals surface area contributed by atoms with Gasteiger partial charge in [-0.05, 0) is 118 Å². The maximum absolute atomic E-state index is 14.1. The van der Waals surface area contributed by atoms with Crippen LogP contribution in [0.2, 0.25) is 0 Å². The Labute approximate surface area is 447 Å². The number of amides is 6. The molecule has 0 unspecified atom stereocenters. The molecule has 0 fully saturated rings. The van der Waals surface area contributed by atoms with Crippen LogP contribution in [0.3, 0.4) is 0 Å². The van der Waals surface area contributed by atoms with E-state index in [2.05, 4.69) is 31.4 Å².